The van der Waals surface area contributed by atoms with E-state index < -0.39 is 9.84 Å². The Morgan fingerprint density at radius 3 is 2.94 bits per heavy atom. The highest BCUT2D eigenvalue weighted by Gasteiger charge is 2.45. The molecule has 2 atom stereocenters. The lowest BCUT2D eigenvalue weighted by molar-refractivity contribution is 0.455. The summed E-state index contributed by atoms with van der Waals surface area (Å²) in [6.45, 7) is 1.59. The summed E-state index contributed by atoms with van der Waals surface area (Å²) in [6, 6.07) is -0.156. The van der Waals surface area contributed by atoms with Gasteiger partial charge in [0.25, 0.3) is 5.56 Å². The third-order valence-corrected chi connectivity index (χ3v) is 6.00. The minimum Gasteiger partial charge on any atom is -0.265 e. The summed E-state index contributed by atoms with van der Waals surface area (Å²) >= 11 is 1.34. The van der Waals surface area contributed by atoms with Crippen molar-refractivity contribution >= 4 is 21.6 Å². The van der Waals surface area contributed by atoms with E-state index in [0.717, 1.165) is 0 Å². The number of rotatable bonds is 0. The molecule has 3 rings (SSSR count). The number of thioether (sulfide) groups is 1. The zero-order chi connectivity index (χ0) is 11.5. The maximum absolute atomic E-state index is 11.5. The van der Waals surface area contributed by atoms with Crippen LogP contribution in [0.4, 0.5) is 0 Å². The molecule has 1 aromatic rings. The van der Waals surface area contributed by atoms with E-state index in [-0.39, 0.29) is 28.4 Å². The Morgan fingerprint density at radius 1 is 1.44 bits per heavy atom. The summed E-state index contributed by atoms with van der Waals surface area (Å²) in [5, 5.41) is 4.62. The van der Waals surface area contributed by atoms with Gasteiger partial charge in [0.2, 0.25) is 0 Å². The Balaban J connectivity index is 2.13. The topological polar surface area (TPSA) is 81.9 Å². The van der Waals surface area contributed by atoms with Crippen molar-refractivity contribution in [1.29, 1.82) is 0 Å². The van der Waals surface area contributed by atoms with Crippen LogP contribution in [-0.2, 0) is 9.84 Å². The highest BCUT2D eigenvalue weighted by Crippen LogP contribution is 2.42. The highest BCUT2D eigenvalue weighted by molar-refractivity contribution is 8.02. The predicted octanol–water partition coefficient (Wildman–Crippen LogP) is -0.609. The lowest BCUT2D eigenvalue weighted by Crippen LogP contribution is -2.23. The van der Waals surface area contributed by atoms with Crippen LogP contribution in [0.5, 0.6) is 0 Å². The fraction of sp³-hybridized carbons (Fsp3) is 0.625. The smallest absolute Gasteiger partial charge is 0.265 e. The normalized spacial score (nSPS) is 30.1. The summed E-state index contributed by atoms with van der Waals surface area (Å²) < 4.78 is 24.5. The second-order valence-electron chi connectivity index (χ2n) is 4.03. The van der Waals surface area contributed by atoms with Crippen molar-refractivity contribution in [2.24, 2.45) is 0 Å². The van der Waals surface area contributed by atoms with Gasteiger partial charge in [0.15, 0.2) is 15.0 Å². The van der Waals surface area contributed by atoms with Crippen molar-refractivity contribution in [3.8, 4) is 0 Å². The Labute approximate surface area is 96.0 Å². The second-order valence-corrected chi connectivity index (χ2v) is 7.39. The molecule has 86 valence electrons. The second kappa shape index (κ2) is 3.07. The van der Waals surface area contributed by atoms with Crippen molar-refractivity contribution in [2.45, 2.75) is 23.4 Å². The van der Waals surface area contributed by atoms with Crippen LogP contribution < -0.4 is 5.56 Å². The van der Waals surface area contributed by atoms with Gasteiger partial charge in [-0.3, -0.25) is 4.79 Å². The fourth-order valence-electron chi connectivity index (χ4n) is 2.04. The first-order valence-electron chi connectivity index (χ1n) is 4.81. The van der Waals surface area contributed by atoms with Gasteiger partial charge in [0.05, 0.1) is 22.8 Å². The molecule has 16 heavy (non-hydrogen) atoms. The number of sulfone groups is 1. The van der Waals surface area contributed by atoms with E-state index in [2.05, 4.69) is 10.1 Å². The monoisotopic (exact) mass is 259 g/mol. The van der Waals surface area contributed by atoms with Gasteiger partial charge in [0, 0.05) is 0 Å². The average Bonchev–Trinajstić information content (AvgIpc) is 2.60. The van der Waals surface area contributed by atoms with Gasteiger partial charge in [-0.05, 0) is 6.92 Å². The fourth-order valence-corrected chi connectivity index (χ4v) is 5.86. The SMILES string of the molecule is Cc1nn2c(nc1=O)SC1CS(=O)(=O)CC12. The number of hydrogen-bond acceptors (Lipinski definition) is 6. The minimum atomic E-state index is -2.96. The number of fused-ring (bicyclic) bond motifs is 3. The summed E-state index contributed by atoms with van der Waals surface area (Å²) in [5.74, 6) is 0.259. The molecule has 0 spiro atoms. The molecule has 0 N–H and O–H groups in total. The molecule has 6 nitrogen and oxygen atoms in total. The van der Waals surface area contributed by atoms with Crippen LogP contribution in [-0.4, -0.2) is 39.9 Å². The summed E-state index contributed by atoms with van der Waals surface area (Å²) in [5.41, 5.74) is -0.0177. The molecule has 2 aliphatic heterocycles. The van der Waals surface area contributed by atoms with Crippen LogP contribution in [0, 0.1) is 6.92 Å². The molecule has 0 amide bonds. The Morgan fingerprint density at radius 2 is 2.19 bits per heavy atom. The van der Waals surface area contributed by atoms with Gasteiger partial charge < -0.3 is 0 Å². The molecule has 0 aliphatic carbocycles. The van der Waals surface area contributed by atoms with Crippen LogP contribution in [0.1, 0.15) is 11.7 Å². The molecule has 2 unspecified atom stereocenters. The number of aryl methyl sites for hydroxylation is 1. The standard InChI is InChI=1S/C8H9N3O3S2/c1-4-7(12)9-8-11(10-4)5-2-16(13,14)3-6(5)15-8/h5-6H,2-3H2,1H3. The van der Waals surface area contributed by atoms with Crippen LogP contribution in [0.2, 0.25) is 0 Å². The molecule has 1 saturated heterocycles. The molecule has 0 aromatic carbocycles. The van der Waals surface area contributed by atoms with E-state index in [4.69, 9.17) is 0 Å². The number of nitrogens with zero attached hydrogens (tertiary/aromatic N) is 3. The van der Waals surface area contributed by atoms with E-state index in [0.29, 0.717) is 10.9 Å². The summed E-state index contributed by atoms with van der Waals surface area (Å²) in [7, 11) is -2.96. The Kier molecular flexibility index (Phi) is 1.97. The van der Waals surface area contributed by atoms with E-state index in [1.165, 1.54) is 11.8 Å². The average molecular weight is 259 g/mol. The molecular formula is C8H9N3O3S2. The maximum atomic E-state index is 11.5. The van der Waals surface area contributed by atoms with Gasteiger partial charge in [0.1, 0.15) is 5.69 Å². The lowest BCUT2D eigenvalue weighted by Gasteiger charge is -2.08. The van der Waals surface area contributed by atoms with E-state index >= 15 is 0 Å². The van der Waals surface area contributed by atoms with Crippen LogP contribution >= 0.6 is 11.8 Å². The third-order valence-electron chi connectivity index (χ3n) is 2.80. The van der Waals surface area contributed by atoms with Gasteiger partial charge in [-0.1, -0.05) is 11.8 Å². The first-order chi connectivity index (χ1) is 7.46. The molecular weight excluding hydrogens is 250 g/mol. The van der Waals surface area contributed by atoms with E-state index in [1.54, 1.807) is 11.6 Å². The first kappa shape index (κ1) is 10.3. The molecule has 1 fully saturated rings. The number of hydrogen-bond donors (Lipinski definition) is 0. The van der Waals surface area contributed by atoms with Crippen molar-refractivity contribution in [1.82, 2.24) is 14.8 Å². The lowest BCUT2D eigenvalue weighted by atomic mass is 10.3. The van der Waals surface area contributed by atoms with Crippen molar-refractivity contribution in [3.63, 3.8) is 0 Å². The van der Waals surface area contributed by atoms with Crippen LogP contribution in [0.25, 0.3) is 0 Å². The third kappa shape index (κ3) is 1.40. The quantitative estimate of drug-likeness (QED) is 0.618. The zero-order valence-corrected chi connectivity index (χ0v) is 10.1. The van der Waals surface area contributed by atoms with E-state index in [1.807, 2.05) is 0 Å². The minimum absolute atomic E-state index is 0.0359. The predicted molar refractivity (Wildman–Crippen MR) is 58.4 cm³/mol. The molecule has 0 saturated carbocycles. The Hall–Kier alpha value is -0.890. The first-order valence-corrected chi connectivity index (χ1v) is 7.51. The van der Waals surface area contributed by atoms with Crippen molar-refractivity contribution in [3.05, 3.63) is 16.0 Å². The zero-order valence-electron chi connectivity index (χ0n) is 8.45. The van der Waals surface area contributed by atoms with Crippen molar-refractivity contribution < 1.29 is 8.42 Å². The van der Waals surface area contributed by atoms with Gasteiger partial charge in [-0.25, -0.2) is 13.1 Å². The largest absolute Gasteiger partial charge is 0.295 e. The van der Waals surface area contributed by atoms with Crippen LogP contribution in [0.15, 0.2) is 9.95 Å². The number of aromatic nitrogens is 3. The molecule has 2 aliphatic rings. The van der Waals surface area contributed by atoms with Gasteiger partial charge >= 0.3 is 0 Å². The van der Waals surface area contributed by atoms with Crippen molar-refractivity contribution in [2.75, 3.05) is 11.5 Å². The maximum Gasteiger partial charge on any atom is 0.295 e. The van der Waals surface area contributed by atoms with Crippen LogP contribution in [0.3, 0.4) is 0 Å². The molecule has 0 radical (unpaired) electrons. The summed E-state index contributed by atoms with van der Waals surface area (Å²) in [4.78, 5) is 15.2. The molecule has 0 bridgehead atoms. The van der Waals surface area contributed by atoms with E-state index in [9.17, 15) is 13.2 Å². The summed E-state index contributed by atoms with van der Waals surface area (Å²) in [6.07, 6.45) is 0. The van der Waals surface area contributed by atoms with Gasteiger partial charge in [-0.15, -0.1) is 0 Å². The molecule has 8 heteroatoms. The highest BCUT2D eigenvalue weighted by atomic mass is 32.2. The molecule has 1 aromatic heterocycles. The Bertz CT molecular complexity index is 622. The van der Waals surface area contributed by atoms with Gasteiger partial charge in [-0.2, -0.15) is 10.1 Å². The molecule has 3 heterocycles.